The smallest absolute Gasteiger partial charge is 0.316 e. The highest BCUT2D eigenvalue weighted by molar-refractivity contribution is 5.39. The first kappa shape index (κ1) is 15.9. The summed E-state index contributed by atoms with van der Waals surface area (Å²) in [5.74, 6) is -0.408. The Morgan fingerprint density at radius 3 is 2.17 bits per heavy atom. The molecule has 2 aromatic carbocycles. The van der Waals surface area contributed by atoms with Gasteiger partial charge in [0, 0.05) is 16.9 Å². The lowest BCUT2D eigenvalue weighted by atomic mass is 9.80. The zero-order chi connectivity index (χ0) is 16.5. The predicted octanol–water partition coefficient (Wildman–Crippen LogP) is 5.30. The molecule has 3 rings (SSSR count). The number of ether oxygens (including phenoxy) is 1. The quantitative estimate of drug-likeness (QED) is 0.699. The van der Waals surface area contributed by atoms with Gasteiger partial charge in [0.2, 0.25) is 0 Å². The zero-order valence-electron chi connectivity index (χ0n) is 13.3. The fourth-order valence-corrected chi connectivity index (χ4v) is 3.05. The van der Waals surface area contributed by atoms with E-state index in [9.17, 15) is 8.78 Å². The predicted molar refractivity (Wildman–Crippen MR) is 87.6 cm³/mol. The van der Waals surface area contributed by atoms with E-state index in [1.54, 1.807) is 6.08 Å². The van der Waals surface area contributed by atoms with Gasteiger partial charge in [0.25, 0.3) is 0 Å². The SMILES string of the molecule is CC(C)(/C=C1\C(c2ccccc2)COC1(F)F)c1ccccc1. The van der Waals surface area contributed by atoms with Crippen molar-refractivity contribution >= 4 is 0 Å². The van der Waals surface area contributed by atoms with Gasteiger partial charge < -0.3 is 4.74 Å². The monoisotopic (exact) mass is 314 g/mol. The van der Waals surface area contributed by atoms with Crippen molar-refractivity contribution in [1.29, 1.82) is 0 Å². The maximum atomic E-state index is 14.3. The highest BCUT2D eigenvalue weighted by atomic mass is 19.3. The van der Waals surface area contributed by atoms with Crippen molar-refractivity contribution in [2.45, 2.75) is 31.3 Å². The van der Waals surface area contributed by atoms with Crippen LogP contribution in [0.3, 0.4) is 0 Å². The lowest BCUT2D eigenvalue weighted by Crippen LogP contribution is -2.22. The molecule has 0 aromatic heterocycles. The Hall–Kier alpha value is -2.00. The van der Waals surface area contributed by atoms with Gasteiger partial charge in [-0.3, -0.25) is 0 Å². The van der Waals surface area contributed by atoms with E-state index in [-0.39, 0.29) is 12.2 Å². The second-order valence-corrected chi connectivity index (χ2v) is 6.48. The minimum atomic E-state index is -3.22. The first-order chi connectivity index (χ1) is 10.9. The van der Waals surface area contributed by atoms with Crippen LogP contribution < -0.4 is 0 Å². The first-order valence-corrected chi connectivity index (χ1v) is 7.76. The third kappa shape index (κ3) is 3.20. The standard InChI is InChI=1S/C20H20F2O/c1-19(2,16-11-7-4-8-12-16)13-18-17(14-23-20(18,21)22)15-9-5-3-6-10-15/h3-13,17H,14H2,1-2H3/b18-13+. The normalized spacial score (nSPS) is 22.4. The number of alkyl halides is 2. The summed E-state index contributed by atoms with van der Waals surface area (Å²) in [5, 5.41) is 0. The van der Waals surface area contributed by atoms with E-state index in [2.05, 4.69) is 0 Å². The molecule has 0 amide bonds. The van der Waals surface area contributed by atoms with E-state index < -0.39 is 17.4 Å². The van der Waals surface area contributed by atoms with Crippen molar-refractivity contribution in [3.8, 4) is 0 Å². The van der Waals surface area contributed by atoms with Crippen LogP contribution in [-0.4, -0.2) is 12.7 Å². The molecule has 3 heteroatoms. The lowest BCUT2D eigenvalue weighted by molar-refractivity contribution is -0.182. The van der Waals surface area contributed by atoms with Crippen LogP contribution in [0.4, 0.5) is 8.78 Å². The van der Waals surface area contributed by atoms with E-state index in [1.807, 2.05) is 74.5 Å². The van der Waals surface area contributed by atoms with E-state index in [0.29, 0.717) is 0 Å². The Bertz CT molecular complexity index is 690. The van der Waals surface area contributed by atoms with E-state index in [4.69, 9.17) is 4.74 Å². The number of benzene rings is 2. The molecule has 1 fully saturated rings. The summed E-state index contributed by atoms with van der Waals surface area (Å²) < 4.78 is 33.4. The number of halogens is 2. The molecule has 1 atom stereocenters. The Kier molecular flexibility index (Phi) is 4.07. The molecular weight excluding hydrogens is 294 g/mol. The lowest BCUT2D eigenvalue weighted by Gasteiger charge is -2.25. The molecule has 1 unspecified atom stereocenters. The van der Waals surface area contributed by atoms with Gasteiger partial charge in [-0.1, -0.05) is 80.6 Å². The van der Waals surface area contributed by atoms with Gasteiger partial charge in [-0.2, -0.15) is 8.78 Å². The molecule has 1 aliphatic heterocycles. The molecule has 0 bridgehead atoms. The average molecular weight is 314 g/mol. The van der Waals surface area contributed by atoms with Crippen LogP contribution in [0.1, 0.15) is 30.9 Å². The molecule has 0 spiro atoms. The Morgan fingerprint density at radius 2 is 1.57 bits per heavy atom. The molecule has 120 valence electrons. The van der Waals surface area contributed by atoms with Gasteiger partial charge in [-0.25, -0.2) is 0 Å². The highest BCUT2D eigenvalue weighted by Gasteiger charge is 2.48. The van der Waals surface area contributed by atoms with Crippen LogP contribution in [-0.2, 0) is 10.2 Å². The molecule has 2 aromatic rings. The van der Waals surface area contributed by atoms with Crippen LogP contribution in [0.25, 0.3) is 0 Å². The molecule has 1 saturated heterocycles. The molecule has 0 radical (unpaired) electrons. The van der Waals surface area contributed by atoms with Gasteiger partial charge >= 0.3 is 6.11 Å². The molecule has 0 aliphatic carbocycles. The molecule has 1 heterocycles. The summed E-state index contributed by atoms with van der Waals surface area (Å²) in [4.78, 5) is 0. The van der Waals surface area contributed by atoms with E-state index in [1.165, 1.54) is 0 Å². The Labute approximate surface area is 135 Å². The molecule has 0 N–H and O–H groups in total. The summed E-state index contributed by atoms with van der Waals surface area (Å²) in [7, 11) is 0. The zero-order valence-corrected chi connectivity index (χ0v) is 13.3. The highest BCUT2D eigenvalue weighted by Crippen LogP contribution is 2.45. The second-order valence-electron chi connectivity index (χ2n) is 6.48. The summed E-state index contributed by atoms with van der Waals surface area (Å²) in [6.07, 6.45) is -1.54. The van der Waals surface area contributed by atoms with E-state index in [0.717, 1.165) is 11.1 Å². The summed E-state index contributed by atoms with van der Waals surface area (Å²) in [6.45, 7) is 3.91. The third-order valence-electron chi connectivity index (χ3n) is 4.38. The summed E-state index contributed by atoms with van der Waals surface area (Å²) >= 11 is 0. The maximum absolute atomic E-state index is 14.3. The summed E-state index contributed by atoms with van der Waals surface area (Å²) in [5.41, 5.74) is 1.42. The van der Waals surface area contributed by atoms with Crippen molar-refractivity contribution in [2.24, 2.45) is 0 Å². The van der Waals surface area contributed by atoms with Gasteiger partial charge in [0.05, 0.1) is 6.61 Å². The molecule has 1 aliphatic rings. The van der Waals surface area contributed by atoms with Crippen LogP contribution in [0.15, 0.2) is 72.3 Å². The fourth-order valence-electron chi connectivity index (χ4n) is 3.05. The van der Waals surface area contributed by atoms with Gasteiger partial charge in [-0.05, 0) is 11.1 Å². The summed E-state index contributed by atoms with van der Waals surface area (Å²) in [6, 6.07) is 19.1. The molecule has 0 saturated carbocycles. The number of allylic oxidation sites excluding steroid dienone is 1. The van der Waals surface area contributed by atoms with Gasteiger partial charge in [0.1, 0.15) is 0 Å². The number of hydrogen-bond donors (Lipinski definition) is 0. The van der Waals surface area contributed by atoms with Crippen molar-refractivity contribution in [2.75, 3.05) is 6.61 Å². The number of hydrogen-bond acceptors (Lipinski definition) is 1. The van der Waals surface area contributed by atoms with E-state index >= 15 is 0 Å². The fraction of sp³-hybridized carbons (Fsp3) is 0.300. The molecular formula is C20H20F2O. The van der Waals surface area contributed by atoms with Gasteiger partial charge in [-0.15, -0.1) is 0 Å². The topological polar surface area (TPSA) is 9.23 Å². The average Bonchev–Trinajstić information content (AvgIpc) is 2.84. The molecule has 1 nitrogen and oxygen atoms in total. The second kappa shape index (κ2) is 5.89. The van der Waals surface area contributed by atoms with Crippen LogP contribution in [0.5, 0.6) is 0 Å². The van der Waals surface area contributed by atoms with Crippen LogP contribution in [0, 0.1) is 0 Å². The maximum Gasteiger partial charge on any atom is 0.380 e. The minimum absolute atomic E-state index is 0.00766. The Balaban J connectivity index is 2.03. The largest absolute Gasteiger partial charge is 0.380 e. The van der Waals surface area contributed by atoms with Crippen molar-refractivity contribution in [3.05, 3.63) is 83.4 Å². The first-order valence-electron chi connectivity index (χ1n) is 7.76. The van der Waals surface area contributed by atoms with Crippen molar-refractivity contribution in [3.63, 3.8) is 0 Å². The number of rotatable bonds is 3. The van der Waals surface area contributed by atoms with Crippen LogP contribution >= 0.6 is 0 Å². The van der Waals surface area contributed by atoms with Gasteiger partial charge in [0.15, 0.2) is 0 Å². The van der Waals surface area contributed by atoms with Crippen molar-refractivity contribution < 1.29 is 13.5 Å². The van der Waals surface area contributed by atoms with Crippen molar-refractivity contribution in [1.82, 2.24) is 0 Å². The third-order valence-corrected chi connectivity index (χ3v) is 4.38. The Morgan fingerprint density at radius 1 is 1.00 bits per heavy atom. The minimum Gasteiger partial charge on any atom is -0.316 e. The van der Waals surface area contributed by atoms with Crippen LogP contribution in [0.2, 0.25) is 0 Å². The molecule has 23 heavy (non-hydrogen) atoms.